The van der Waals surface area contributed by atoms with Crippen LogP contribution in [-0.2, 0) is 4.74 Å². The van der Waals surface area contributed by atoms with Gasteiger partial charge in [0.05, 0.1) is 24.1 Å². The molecule has 1 fully saturated rings. The summed E-state index contributed by atoms with van der Waals surface area (Å²) < 4.78 is 5.86. The lowest BCUT2D eigenvalue weighted by atomic mass is 9.98. The van der Waals surface area contributed by atoms with E-state index in [0.29, 0.717) is 30.5 Å². The minimum atomic E-state index is -0.114. The van der Waals surface area contributed by atoms with E-state index in [9.17, 15) is 4.79 Å². The molecule has 2 rings (SSSR count). The van der Waals surface area contributed by atoms with Crippen molar-refractivity contribution >= 4 is 17.3 Å². The first-order valence-electron chi connectivity index (χ1n) is 7.68. The van der Waals surface area contributed by atoms with Crippen molar-refractivity contribution in [2.24, 2.45) is 0 Å². The average molecular weight is 291 g/mol. The largest absolute Gasteiger partial charge is 0.397 e. The van der Waals surface area contributed by atoms with Crippen LogP contribution in [0.5, 0.6) is 0 Å². The molecule has 21 heavy (non-hydrogen) atoms. The molecule has 0 unspecified atom stereocenters. The zero-order valence-electron chi connectivity index (χ0n) is 12.7. The fourth-order valence-corrected chi connectivity index (χ4v) is 2.64. The number of carbonyl (C=O) groups excluding carboxylic acids is 1. The summed E-state index contributed by atoms with van der Waals surface area (Å²) in [6, 6.07) is 5.24. The SMILES string of the molecule is CNC(=O)c1ccc(N)c(NCCOC2CCCCC2)c1. The number of rotatable bonds is 6. The zero-order chi connectivity index (χ0) is 15.1. The summed E-state index contributed by atoms with van der Waals surface area (Å²) >= 11 is 0. The van der Waals surface area contributed by atoms with Crippen molar-refractivity contribution < 1.29 is 9.53 Å². The third-order valence-corrected chi connectivity index (χ3v) is 3.87. The molecule has 0 heterocycles. The Morgan fingerprint density at radius 1 is 1.33 bits per heavy atom. The van der Waals surface area contributed by atoms with Gasteiger partial charge in [0.2, 0.25) is 0 Å². The van der Waals surface area contributed by atoms with Gasteiger partial charge >= 0.3 is 0 Å². The van der Waals surface area contributed by atoms with Gasteiger partial charge in [0.1, 0.15) is 0 Å². The zero-order valence-corrected chi connectivity index (χ0v) is 12.7. The summed E-state index contributed by atoms with van der Waals surface area (Å²) in [6.07, 6.45) is 6.65. The normalized spacial score (nSPS) is 15.7. The fourth-order valence-electron chi connectivity index (χ4n) is 2.64. The van der Waals surface area contributed by atoms with Gasteiger partial charge in [-0.05, 0) is 31.0 Å². The molecule has 1 aromatic carbocycles. The maximum atomic E-state index is 11.6. The summed E-state index contributed by atoms with van der Waals surface area (Å²) in [4.78, 5) is 11.6. The highest BCUT2D eigenvalue weighted by Gasteiger charge is 2.13. The molecule has 4 N–H and O–H groups in total. The van der Waals surface area contributed by atoms with Crippen LogP contribution < -0.4 is 16.4 Å². The van der Waals surface area contributed by atoms with Gasteiger partial charge in [-0.3, -0.25) is 4.79 Å². The molecule has 5 nitrogen and oxygen atoms in total. The highest BCUT2D eigenvalue weighted by Crippen LogP contribution is 2.21. The molecule has 1 aromatic rings. The van der Waals surface area contributed by atoms with Crippen molar-refractivity contribution in [1.82, 2.24) is 5.32 Å². The molecule has 1 amide bonds. The number of ether oxygens (including phenoxy) is 1. The van der Waals surface area contributed by atoms with Gasteiger partial charge in [0.25, 0.3) is 5.91 Å². The highest BCUT2D eigenvalue weighted by molar-refractivity contribution is 5.96. The summed E-state index contributed by atoms with van der Waals surface area (Å²) in [6.45, 7) is 1.35. The first kappa shape index (κ1) is 15.6. The smallest absolute Gasteiger partial charge is 0.251 e. The average Bonchev–Trinajstić information content (AvgIpc) is 2.53. The highest BCUT2D eigenvalue weighted by atomic mass is 16.5. The van der Waals surface area contributed by atoms with Gasteiger partial charge in [0.15, 0.2) is 0 Å². The van der Waals surface area contributed by atoms with Crippen LogP contribution in [0.25, 0.3) is 0 Å². The Kier molecular flexibility index (Phi) is 5.87. The van der Waals surface area contributed by atoms with E-state index in [2.05, 4.69) is 10.6 Å². The number of carbonyl (C=O) groups is 1. The summed E-state index contributed by atoms with van der Waals surface area (Å²) in [5.41, 5.74) is 7.94. The van der Waals surface area contributed by atoms with Gasteiger partial charge in [-0.15, -0.1) is 0 Å². The molecule has 1 aliphatic rings. The molecule has 0 bridgehead atoms. The summed E-state index contributed by atoms with van der Waals surface area (Å²) in [7, 11) is 1.61. The number of hydrogen-bond donors (Lipinski definition) is 3. The van der Waals surface area contributed by atoms with Gasteiger partial charge in [-0.25, -0.2) is 0 Å². The number of nitrogens with two attached hydrogens (primary N) is 1. The third kappa shape index (κ3) is 4.63. The molecule has 1 aliphatic carbocycles. The molecule has 0 atom stereocenters. The third-order valence-electron chi connectivity index (χ3n) is 3.87. The Hall–Kier alpha value is -1.75. The quantitative estimate of drug-likeness (QED) is 0.555. The number of benzene rings is 1. The Bertz CT molecular complexity index is 471. The number of amides is 1. The molecular formula is C16H25N3O2. The van der Waals surface area contributed by atoms with Crippen LogP contribution in [0.1, 0.15) is 42.5 Å². The van der Waals surface area contributed by atoms with Crippen molar-refractivity contribution in [2.75, 3.05) is 31.2 Å². The minimum absolute atomic E-state index is 0.114. The van der Waals surface area contributed by atoms with Crippen LogP contribution in [0.4, 0.5) is 11.4 Å². The molecule has 116 valence electrons. The standard InChI is InChI=1S/C16H25N3O2/c1-18-16(20)12-7-8-14(17)15(11-12)19-9-10-21-13-5-3-2-4-6-13/h7-8,11,13,19H,2-6,9-10,17H2,1H3,(H,18,20). The lowest BCUT2D eigenvalue weighted by Crippen LogP contribution is -2.21. The first-order valence-corrected chi connectivity index (χ1v) is 7.68. The van der Waals surface area contributed by atoms with Crippen LogP contribution in [0.15, 0.2) is 18.2 Å². The molecule has 0 aromatic heterocycles. The topological polar surface area (TPSA) is 76.4 Å². The van der Waals surface area contributed by atoms with Crippen LogP contribution in [0.2, 0.25) is 0 Å². The van der Waals surface area contributed by atoms with Gasteiger partial charge < -0.3 is 21.1 Å². The van der Waals surface area contributed by atoms with Crippen molar-refractivity contribution in [1.29, 1.82) is 0 Å². The Balaban J connectivity index is 1.80. The number of hydrogen-bond acceptors (Lipinski definition) is 4. The molecule has 1 saturated carbocycles. The number of nitrogens with one attached hydrogen (secondary N) is 2. The second-order valence-electron chi connectivity index (χ2n) is 5.44. The van der Waals surface area contributed by atoms with Crippen LogP contribution in [0, 0.1) is 0 Å². The van der Waals surface area contributed by atoms with Gasteiger partial charge in [0, 0.05) is 19.2 Å². The second-order valence-corrected chi connectivity index (χ2v) is 5.44. The van der Waals surface area contributed by atoms with Crippen LogP contribution in [0.3, 0.4) is 0 Å². The van der Waals surface area contributed by atoms with E-state index in [1.54, 1.807) is 25.2 Å². The van der Waals surface area contributed by atoms with Gasteiger partial charge in [-0.2, -0.15) is 0 Å². The Labute approximate surface area is 126 Å². The van der Waals surface area contributed by atoms with Gasteiger partial charge in [-0.1, -0.05) is 19.3 Å². The van der Waals surface area contributed by atoms with Crippen molar-refractivity contribution in [3.63, 3.8) is 0 Å². The molecule has 0 aliphatic heterocycles. The Morgan fingerprint density at radius 2 is 2.10 bits per heavy atom. The predicted molar refractivity (Wildman–Crippen MR) is 85.6 cm³/mol. The van der Waals surface area contributed by atoms with E-state index in [0.717, 1.165) is 5.69 Å². The Morgan fingerprint density at radius 3 is 2.81 bits per heavy atom. The maximum absolute atomic E-state index is 11.6. The number of anilines is 2. The number of nitrogen functional groups attached to an aromatic ring is 1. The molecule has 0 spiro atoms. The van der Waals surface area contributed by atoms with Crippen molar-refractivity contribution in [3.8, 4) is 0 Å². The predicted octanol–water partition coefficient (Wildman–Crippen LogP) is 2.39. The van der Waals surface area contributed by atoms with Crippen molar-refractivity contribution in [3.05, 3.63) is 23.8 Å². The fraction of sp³-hybridized carbons (Fsp3) is 0.562. The lowest BCUT2D eigenvalue weighted by Gasteiger charge is -2.22. The van der Waals surface area contributed by atoms with Crippen LogP contribution in [-0.4, -0.2) is 32.2 Å². The van der Waals surface area contributed by atoms with E-state index in [1.165, 1.54) is 32.1 Å². The monoisotopic (exact) mass is 291 g/mol. The van der Waals surface area contributed by atoms with E-state index in [1.807, 2.05) is 0 Å². The lowest BCUT2D eigenvalue weighted by molar-refractivity contribution is 0.0347. The summed E-state index contributed by atoms with van der Waals surface area (Å²) in [5.74, 6) is -0.114. The molecule has 0 saturated heterocycles. The minimum Gasteiger partial charge on any atom is -0.397 e. The first-order chi connectivity index (χ1) is 10.2. The van der Waals surface area contributed by atoms with E-state index >= 15 is 0 Å². The molecule has 5 heteroatoms. The van der Waals surface area contributed by atoms with E-state index < -0.39 is 0 Å². The second kappa shape index (κ2) is 7.88. The summed E-state index contributed by atoms with van der Waals surface area (Å²) in [5, 5.41) is 5.85. The van der Waals surface area contributed by atoms with Crippen LogP contribution >= 0.6 is 0 Å². The molecular weight excluding hydrogens is 266 g/mol. The van der Waals surface area contributed by atoms with Crippen molar-refractivity contribution in [2.45, 2.75) is 38.2 Å². The van der Waals surface area contributed by atoms with E-state index in [-0.39, 0.29) is 5.91 Å². The maximum Gasteiger partial charge on any atom is 0.251 e. The molecule has 0 radical (unpaired) electrons. The van der Waals surface area contributed by atoms with E-state index in [4.69, 9.17) is 10.5 Å².